The molecule has 0 unspecified atom stereocenters. The topological polar surface area (TPSA) is 105 Å². The molecule has 1 aromatic carbocycles. The molecule has 5 rings (SSSR count). The van der Waals surface area contributed by atoms with Crippen LogP contribution in [0.15, 0.2) is 30.7 Å². The van der Waals surface area contributed by atoms with E-state index in [2.05, 4.69) is 30.6 Å². The average Bonchev–Trinajstić information content (AvgIpc) is 2.87. The number of amides is 1. The Kier molecular flexibility index (Phi) is 6.68. The van der Waals surface area contributed by atoms with Gasteiger partial charge in [0, 0.05) is 30.7 Å². The molecule has 2 aliphatic rings. The molecule has 1 saturated carbocycles. The van der Waals surface area contributed by atoms with Crippen LogP contribution in [0.5, 0.6) is 0 Å². The molecule has 1 amide bonds. The molecule has 178 valence electrons. The zero-order valence-corrected chi connectivity index (χ0v) is 19.3. The van der Waals surface area contributed by atoms with E-state index >= 15 is 0 Å². The summed E-state index contributed by atoms with van der Waals surface area (Å²) in [7, 11) is 0. The summed E-state index contributed by atoms with van der Waals surface area (Å²) in [4.78, 5) is 32.2. The van der Waals surface area contributed by atoms with E-state index in [9.17, 15) is 9.18 Å². The van der Waals surface area contributed by atoms with Gasteiger partial charge in [0.15, 0.2) is 5.82 Å². The minimum Gasteiger partial charge on any atom is -0.378 e. The Morgan fingerprint density at radius 2 is 1.91 bits per heavy atom. The lowest BCUT2D eigenvalue weighted by Gasteiger charge is -2.34. The Morgan fingerprint density at radius 1 is 1.12 bits per heavy atom. The summed E-state index contributed by atoms with van der Waals surface area (Å²) in [5.41, 5.74) is 1.70. The summed E-state index contributed by atoms with van der Waals surface area (Å²) in [5.74, 6) is 0.774. The fraction of sp³-hybridized carbons (Fsp3) is 0.435. The van der Waals surface area contributed by atoms with Gasteiger partial charge in [0.1, 0.15) is 23.2 Å². The molecule has 1 aliphatic carbocycles. The van der Waals surface area contributed by atoms with Crippen LogP contribution in [0.25, 0.3) is 11.0 Å². The van der Waals surface area contributed by atoms with Crippen LogP contribution in [-0.2, 0) is 9.53 Å². The van der Waals surface area contributed by atoms with Crippen molar-refractivity contribution < 1.29 is 13.9 Å². The summed E-state index contributed by atoms with van der Waals surface area (Å²) >= 11 is 5.89. The number of halogens is 2. The number of nitrogens with zero attached hydrogens (tertiary/aromatic N) is 5. The maximum atomic E-state index is 13.5. The van der Waals surface area contributed by atoms with E-state index in [1.54, 1.807) is 12.3 Å². The first-order chi connectivity index (χ1) is 16.6. The third-order valence-electron chi connectivity index (χ3n) is 6.29. The van der Waals surface area contributed by atoms with Crippen molar-refractivity contribution in [3.05, 3.63) is 41.6 Å². The first kappa shape index (κ1) is 22.7. The summed E-state index contributed by atoms with van der Waals surface area (Å²) in [6.45, 7) is 2.61. The van der Waals surface area contributed by atoms with Gasteiger partial charge in [-0.1, -0.05) is 11.6 Å². The molecular formula is C23H25ClFN7O2. The molecule has 0 atom stereocenters. The maximum absolute atomic E-state index is 13.5. The molecule has 3 aromatic rings. The van der Waals surface area contributed by atoms with Gasteiger partial charge < -0.3 is 20.3 Å². The number of morpholine rings is 1. The zero-order chi connectivity index (χ0) is 23.5. The predicted octanol–water partition coefficient (Wildman–Crippen LogP) is 3.79. The quantitative estimate of drug-likeness (QED) is 0.562. The maximum Gasteiger partial charge on any atom is 0.225 e. The van der Waals surface area contributed by atoms with Crippen LogP contribution in [-0.4, -0.2) is 63.1 Å². The van der Waals surface area contributed by atoms with E-state index in [1.807, 2.05) is 4.90 Å². The van der Waals surface area contributed by atoms with Gasteiger partial charge in [-0.05, 0) is 43.9 Å². The van der Waals surface area contributed by atoms with Gasteiger partial charge in [-0.2, -0.15) is 0 Å². The van der Waals surface area contributed by atoms with Crippen molar-refractivity contribution in [3.63, 3.8) is 0 Å². The molecule has 34 heavy (non-hydrogen) atoms. The minimum atomic E-state index is -0.491. The van der Waals surface area contributed by atoms with Crippen molar-refractivity contribution >= 4 is 46.0 Å². The van der Waals surface area contributed by atoms with Crippen molar-refractivity contribution in [1.82, 2.24) is 24.8 Å². The first-order valence-electron chi connectivity index (χ1n) is 11.4. The third kappa shape index (κ3) is 5.02. The number of ether oxygens (including phenoxy) is 1. The Labute approximate surface area is 201 Å². The van der Waals surface area contributed by atoms with E-state index in [0.717, 1.165) is 25.7 Å². The highest BCUT2D eigenvalue weighted by Crippen LogP contribution is 2.29. The number of carbonyl (C=O) groups excluding carboxylic acids is 1. The Balaban J connectivity index is 1.25. The lowest BCUT2D eigenvalue weighted by Crippen LogP contribution is -2.45. The number of fused-ring (bicyclic) bond motifs is 1. The Hall–Kier alpha value is -3.11. The van der Waals surface area contributed by atoms with Crippen LogP contribution in [0.2, 0.25) is 5.02 Å². The number of aromatic nitrogens is 4. The van der Waals surface area contributed by atoms with E-state index in [1.165, 1.54) is 18.5 Å². The highest BCUT2D eigenvalue weighted by atomic mass is 35.5. The second-order valence-electron chi connectivity index (χ2n) is 8.53. The molecule has 0 bridgehead atoms. The van der Waals surface area contributed by atoms with Crippen LogP contribution < -0.4 is 10.6 Å². The summed E-state index contributed by atoms with van der Waals surface area (Å²) in [6, 6.07) is 4.53. The van der Waals surface area contributed by atoms with E-state index in [4.69, 9.17) is 16.3 Å². The number of benzene rings is 1. The smallest absolute Gasteiger partial charge is 0.225 e. The first-order valence-corrected chi connectivity index (χ1v) is 11.8. The van der Waals surface area contributed by atoms with E-state index < -0.39 is 5.82 Å². The van der Waals surface area contributed by atoms with Crippen LogP contribution in [0.4, 0.5) is 21.8 Å². The second kappa shape index (κ2) is 10.0. The van der Waals surface area contributed by atoms with Gasteiger partial charge in [-0.25, -0.2) is 24.3 Å². The monoisotopic (exact) mass is 485 g/mol. The molecular weight excluding hydrogens is 461 g/mol. The third-order valence-corrected chi connectivity index (χ3v) is 6.58. The molecule has 1 aliphatic heterocycles. The molecule has 2 N–H and O–H groups in total. The predicted molar refractivity (Wildman–Crippen MR) is 127 cm³/mol. The fourth-order valence-corrected chi connectivity index (χ4v) is 4.62. The van der Waals surface area contributed by atoms with Gasteiger partial charge >= 0.3 is 0 Å². The molecule has 9 nitrogen and oxygen atoms in total. The van der Waals surface area contributed by atoms with Crippen LogP contribution >= 0.6 is 11.6 Å². The molecule has 0 radical (unpaired) electrons. The minimum absolute atomic E-state index is 0.0167. The molecule has 2 fully saturated rings. The van der Waals surface area contributed by atoms with Gasteiger partial charge in [-0.3, -0.25) is 4.79 Å². The highest BCUT2D eigenvalue weighted by molar-refractivity contribution is 6.31. The Morgan fingerprint density at radius 3 is 2.68 bits per heavy atom. The highest BCUT2D eigenvalue weighted by Gasteiger charge is 2.30. The summed E-state index contributed by atoms with van der Waals surface area (Å²) in [5, 5.41) is 6.54. The lowest BCUT2D eigenvalue weighted by atomic mass is 9.85. The molecule has 2 aromatic heterocycles. The van der Waals surface area contributed by atoms with Gasteiger partial charge in [-0.15, -0.1) is 0 Å². The van der Waals surface area contributed by atoms with Gasteiger partial charge in [0.05, 0.1) is 24.4 Å². The molecule has 1 saturated heterocycles. The number of carbonyl (C=O) groups is 1. The van der Waals surface area contributed by atoms with Crippen molar-refractivity contribution in [2.75, 3.05) is 36.9 Å². The number of hydrogen-bond donors (Lipinski definition) is 2. The van der Waals surface area contributed by atoms with Crippen LogP contribution in [0.3, 0.4) is 0 Å². The van der Waals surface area contributed by atoms with Crippen LogP contribution in [0, 0.1) is 11.7 Å². The Bertz CT molecular complexity index is 1180. The van der Waals surface area contributed by atoms with E-state index in [0.29, 0.717) is 54.8 Å². The van der Waals surface area contributed by atoms with Crippen LogP contribution in [0.1, 0.15) is 25.7 Å². The van der Waals surface area contributed by atoms with Crippen molar-refractivity contribution in [1.29, 1.82) is 0 Å². The standard InChI is InChI=1S/C23H25ClFN7O2/c24-17-11-16(5-6-18(17)25)29-21-20-19(27-13-28-21)12-26-23(31-20)30-15-3-1-14(2-4-15)22(33)32-7-9-34-10-8-32/h5-6,11-15H,1-4,7-10H2,(H,26,30,31)(H,27,28,29). The van der Waals surface area contributed by atoms with Gasteiger partial charge in [0.25, 0.3) is 0 Å². The summed E-state index contributed by atoms with van der Waals surface area (Å²) in [6.07, 6.45) is 6.46. The second-order valence-corrected chi connectivity index (χ2v) is 8.94. The number of rotatable bonds is 5. The average molecular weight is 486 g/mol. The van der Waals surface area contributed by atoms with Crippen molar-refractivity contribution in [2.45, 2.75) is 31.7 Å². The number of nitrogens with one attached hydrogen (secondary N) is 2. The number of hydrogen-bond acceptors (Lipinski definition) is 8. The lowest BCUT2D eigenvalue weighted by molar-refractivity contribution is -0.140. The SMILES string of the molecule is O=C(C1CCC(Nc2ncc3ncnc(Nc4ccc(F)c(Cl)c4)c3n2)CC1)N1CCOCC1. The van der Waals surface area contributed by atoms with Crippen molar-refractivity contribution in [2.24, 2.45) is 5.92 Å². The van der Waals surface area contributed by atoms with Crippen molar-refractivity contribution in [3.8, 4) is 0 Å². The zero-order valence-electron chi connectivity index (χ0n) is 18.5. The van der Waals surface area contributed by atoms with Gasteiger partial charge in [0.2, 0.25) is 11.9 Å². The normalized spacial score (nSPS) is 20.8. The number of anilines is 3. The molecule has 0 spiro atoms. The largest absolute Gasteiger partial charge is 0.378 e. The fourth-order valence-electron chi connectivity index (χ4n) is 4.43. The molecule has 11 heteroatoms. The van der Waals surface area contributed by atoms with E-state index in [-0.39, 0.29) is 22.9 Å². The summed E-state index contributed by atoms with van der Waals surface area (Å²) < 4.78 is 18.8. The molecule has 3 heterocycles.